The summed E-state index contributed by atoms with van der Waals surface area (Å²) in [6, 6.07) is 2.37. The molecule has 0 saturated heterocycles. The Morgan fingerprint density at radius 2 is 1.86 bits per heavy atom. The number of carbonyl (C=O) groups is 1. The van der Waals surface area contributed by atoms with E-state index in [-0.39, 0.29) is 5.02 Å². The maximum atomic E-state index is 12.8. The molecule has 6 heteroatoms. The van der Waals surface area contributed by atoms with E-state index in [1.54, 1.807) is 0 Å². The number of Topliss-reactive ketones (excluding diaryl/α,β-unsaturated/α-hetero) is 1. The number of benzene rings is 1. The third-order valence-electron chi connectivity index (χ3n) is 1.43. The molecule has 0 N–H and O–H groups in total. The number of carbonyl (C=O) groups excluding carboxylic acids is 1. The Balaban J connectivity index is 3.15. The summed E-state index contributed by atoms with van der Waals surface area (Å²) < 4.78 is 48.4. The first-order valence-electron chi connectivity index (χ1n) is 3.39. The topological polar surface area (TPSA) is 17.1 Å². The van der Waals surface area contributed by atoms with Crippen LogP contribution in [0, 0.1) is 5.82 Å². The van der Waals surface area contributed by atoms with Gasteiger partial charge in [0.15, 0.2) is 0 Å². The van der Waals surface area contributed by atoms with Gasteiger partial charge in [-0.2, -0.15) is 13.2 Å². The van der Waals surface area contributed by atoms with Crippen LogP contribution in [-0.2, 0) is 0 Å². The fourth-order valence-corrected chi connectivity index (χ4v) is 0.985. The van der Waals surface area contributed by atoms with E-state index in [1.807, 2.05) is 0 Å². The molecule has 76 valence electrons. The largest absolute Gasteiger partial charge is 0.454 e. The molecule has 0 heterocycles. The Hall–Kier alpha value is -1.10. The number of ketones is 1. The summed E-state index contributed by atoms with van der Waals surface area (Å²) in [5.74, 6) is -3.49. The summed E-state index contributed by atoms with van der Waals surface area (Å²) in [6.45, 7) is 0. The quantitative estimate of drug-likeness (QED) is 0.531. The number of hydrogen-bond acceptors (Lipinski definition) is 1. The minimum absolute atomic E-state index is 0.0683. The summed E-state index contributed by atoms with van der Waals surface area (Å²) >= 11 is 5.30. The van der Waals surface area contributed by atoms with Crippen LogP contribution in [-0.4, -0.2) is 12.0 Å². The summed E-state index contributed by atoms with van der Waals surface area (Å²) in [5, 5.41) is -0.0683. The van der Waals surface area contributed by atoms with E-state index >= 15 is 0 Å². The molecule has 0 saturated carbocycles. The van der Waals surface area contributed by atoms with Gasteiger partial charge < -0.3 is 0 Å². The van der Waals surface area contributed by atoms with Crippen molar-refractivity contribution in [2.24, 2.45) is 0 Å². The molecule has 0 amide bonds. The lowest BCUT2D eigenvalue weighted by Crippen LogP contribution is -2.23. The van der Waals surface area contributed by atoms with E-state index in [2.05, 4.69) is 0 Å². The zero-order valence-corrected chi connectivity index (χ0v) is 7.29. The van der Waals surface area contributed by atoms with Gasteiger partial charge in [-0.25, -0.2) is 4.39 Å². The maximum Gasteiger partial charge on any atom is 0.454 e. The van der Waals surface area contributed by atoms with Crippen LogP contribution in [0.2, 0.25) is 5.02 Å². The van der Waals surface area contributed by atoms with Crippen LogP contribution in [0.5, 0.6) is 0 Å². The molecule has 14 heavy (non-hydrogen) atoms. The van der Waals surface area contributed by atoms with Crippen molar-refractivity contribution in [3.05, 3.63) is 34.6 Å². The lowest BCUT2D eigenvalue weighted by Gasteiger charge is -2.05. The van der Waals surface area contributed by atoms with Crippen molar-refractivity contribution in [1.82, 2.24) is 0 Å². The second-order valence-corrected chi connectivity index (χ2v) is 2.89. The molecule has 0 bridgehead atoms. The van der Waals surface area contributed by atoms with Crippen molar-refractivity contribution in [2.45, 2.75) is 6.18 Å². The second kappa shape index (κ2) is 3.57. The Bertz CT molecular complexity index is 372. The van der Waals surface area contributed by atoms with E-state index in [0.29, 0.717) is 12.1 Å². The number of alkyl halides is 3. The van der Waals surface area contributed by atoms with E-state index in [4.69, 9.17) is 11.6 Å². The van der Waals surface area contributed by atoms with Crippen LogP contribution in [0.15, 0.2) is 18.2 Å². The summed E-state index contributed by atoms with van der Waals surface area (Å²) in [7, 11) is 0. The van der Waals surface area contributed by atoms with Crippen molar-refractivity contribution >= 4 is 17.4 Å². The minimum Gasteiger partial charge on any atom is -0.284 e. The van der Waals surface area contributed by atoms with Crippen molar-refractivity contribution < 1.29 is 22.4 Å². The lowest BCUT2D eigenvalue weighted by atomic mass is 10.1. The van der Waals surface area contributed by atoms with Crippen LogP contribution in [0.4, 0.5) is 17.6 Å². The molecule has 0 unspecified atom stereocenters. The van der Waals surface area contributed by atoms with E-state index < -0.39 is 23.3 Å². The SMILES string of the molecule is O=C(c1ccc(Cl)cc1F)C(F)(F)F. The van der Waals surface area contributed by atoms with Gasteiger partial charge in [-0.3, -0.25) is 4.79 Å². The Kier molecular flexibility index (Phi) is 2.80. The molecule has 0 aliphatic rings. The van der Waals surface area contributed by atoms with Crippen LogP contribution < -0.4 is 0 Å². The summed E-state index contributed by atoms with van der Waals surface area (Å²) in [5.41, 5.74) is -1.03. The molecule has 0 spiro atoms. The highest BCUT2D eigenvalue weighted by Gasteiger charge is 2.40. The van der Waals surface area contributed by atoms with Gasteiger partial charge >= 0.3 is 6.18 Å². The Morgan fingerprint density at radius 1 is 1.29 bits per heavy atom. The molecular weight excluding hydrogens is 224 g/mol. The average Bonchev–Trinajstić information content (AvgIpc) is 2.01. The molecule has 1 aromatic carbocycles. The predicted octanol–water partition coefficient (Wildman–Crippen LogP) is 3.22. The van der Waals surface area contributed by atoms with E-state index in [0.717, 1.165) is 6.07 Å². The molecular formula is C8H3ClF4O. The normalized spacial score (nSPS) is 11.5. The molecule has 0 aromatic heterocycles. The van der Waals surface area contributed by atoms with Crippen LogP contribution >= 0.6 is 11.6 Å². The zero-order chi connectivity index (χ0) is 10.9. The summed E-state index contributed by atoms with van der Waals surface area (Å²) in [6.07, 6.45) is -5.07. The maximum absolute atomic E-state index is 12.8. The van der Waals surface area contributed by atoms with Crippen LogP contribution in [0.1, 0.15) is 10.4 Å². The van der Waals surface area contributed by atoms with E-state index in [9.17, 15) is 22.4 Å². The molecule has 1 nitrogen and oxygen atoms in total. The Labute approximate surface area is 81.3 Å². The smallest absolute Gasteiger partial charge is 0.284 e. The van der Waals surface area contributed by atoms with Crippen molar-refractivity contribution in [1.29, 1.82) is 0 Å². The molecule has 0 fully saturated rings. The van der Waals surface area contributed by atoms with Gasteiger partial charge in [-0.05, 0) is 18.2 Å². The van der Waals surface area contributed by atoms with Gasteiger partial charge in [0.1, 0.15) is 5.82 Å². The number of hydrogen-bond donors (Lipinski definition) is 0. The number of rotatable bonds is 1. The van der Waals surface area contributed by atoms with Gasteiger partial charge in [0.2, 0.25) is 0 Å². The zero-order valence-electron chi connectivity index (χ0n) is 6.53. The molecule has 1 rings (SSSR count). The first kappa shape index (κ1) is 11.0. The highest BCUT2D eigenvalue weighted by molar-refractivity contribution is 6.30. The lowest BCUT2D eigenvalue weighted by molar-refractivity contribution is -0.0887. The van der Waals surface area contributed by atoms with Crippen molar-refractivity contribution in [2.75, 3.05) is 0 Å². The third-order valence-corrected chi connectivity index (χ3v) is 1.67. The van der Waals surface area contributed by atoms with Gasteiger partial charge in [0.25, 0.3) is 5.78 Å². The first-order valence-corrected chi connectivity index (χ1v) is 3.77. The second-order valence-electron chi connectivity index (χ2n) is 2.45. The number of halogens is 5. The Morgan fingerprint density at radius 3 is 2.29 bits per heavy atom. The molecule has 0 aliphatic heterocycles. The van der Waals surface area contributed by atoms with Gasteiger partial charge in [0.05, 0.1) is 5.56 Å². The van der Waals surface area contributed by atoms with E-state index in [1.165, 1.54) is 0 Å². The van der Waals surface area contributed by atoms with Gasteiger partial charge in [-0.1, -0.05) is 11.6 Å². The molecule has 0 radical (unpaired) electrons. The highest BCUT2D eigenvalue weighted by atomic mass is 35.5. The average molecular weight is 227 g/mol. The summed E-state index contributed by atoms with van der Waals surface area (Å²) in [4.78, 5) is 10.6. The fourth-order valence-electron chi connectivity index (χ4n) is 0.826. The first-order chi connectivity index (χ1) is 6.32. The highest BCUT2D eigenvalue weighted by Crippen LogP contribution is 2.24. The predicted molar refractivity (Wildman–Crippen MR) is 41.8 cm³/mol. The molecule has 0 atom stereocenters. The van der Waals surface area contributed by atoms with Gasteiger partial charge in [0, 0.05) is 5.02 Å². The third kappa shape index (κ3) is 2.23. The fraction of sp³-hybridized carbons (Fsp3) is 0.125. The standard InChI is InChI=1S/C8H3ClF4O/c9-4-1-2-5(6(10)3-4)7(14)8(11,12)13/h1-3H. The molecule has 0 aliphatic carbocycles. The van der Waals surface area contributed by atoms with Crippen molar-refractivity contribution in [3.63, 3.8) is 0 Å². The van der Waals surface area contributed by atoms with Crippen molar-refractivity contribution in [3.8, 4) is 0 Å². The monoisotopic (exact) mass is 226 g/mol. The van der Waals surface area contributed by atoms with Gasteiger partial charge in [-0.15, -0.1) is 0 Å². The molecule has 1 aromatic rings. The van der Waals surface area contributed by atoms with Crippen LogP contribution in [0.25, 0.3) is 0 Å². The van der Waals surface area contributed by atoms with Crippen LogP contribution in [0.3, 0.4) is 0 Å². The minimum atomic E-state index is -5.07.